The number of nitrogens with zero attached hydrogens (tertiary/aromatic N) is 3. The molecular weight excluding hydrogens is 332 g/mol. The molecule has 8 heteroatoms. The molecule has 1 atom stereocenters. The molecule has 1 saturated heterocycles. The summed E-state index contributed by atoms with van der Waals surface area (Å²) >= 11 is 0. The molecule has 0 radical (unpaired) electrons. The first-order valence-electron chi connectivity index (χ1n) is 7.80. The minimum absolute atomic E-state index is 0.0144. The summed E-state index contributed by atoms with van der Waals surface area (Å²) in [6.07, 6.45) is -1.70. The van der Waals surface area contributed by atoms with Crippen LogP contribution in [0.15, 0.2) is 30.3 Å². The van der Waals surface area contributed by atoms with E-state index in [2.05, 4.69) is 9.97 Å². The average Bonchev–Trinajstić information content (AvgIpc) is 3.11. The fourth-order valence-electron chi connectivity index (χ4n) is 2.89. The van der Waals surface area contributed by atoms with E-state index in [1.165, 1.54) is 18.1 Å². The van der Waals surface area contributed by atoms with Crippen molar-refractivity contribution < 1.29 is 23.4 Å². The number of alkyl halides is 2. The van der Waals surface area contributed by atoms with Crippen molar-refractivity contribution in [2.75, 3.05) is 18.6 Å². The second-order valence-electron chi connectivity index (χ2n) is 5.70. The molecule has 3 rings (SSSR count). The van der Waals surface area contributed by atoms with Gasteiger partial charge in [-0.2, -0.15) is 0 Å². The second-order valence-corrected chi connectivity index (χ2v) is 5.70. The van der Waals surface area contributed by atoms with Gasteiger partial charge in [-0.3, -0.25) is 0 Å². The molecule has 25 heavy (non-hydrogen) atoms. The van der Waals surface area contributed by atoms with Gasteiger partial charge in [-0.1, -0.05) is 12.1 Å². The molecule has 2 heterocycles. The molecule has 1 aliphatic heterocycles. The Morgan fingerprint density at radius 1 is 1.36 bits per heavy atom. The molecule has 132 valence electrons. The van der Waals surface area contributed by atoms with E-state index in [9.17, 15) is 18.7 Å². The standard InChI is InChI=1S/C17H17F2N3O3/c1-25-11-5-2-4-10(8-11)12-9-13(15(18)19)21-17(20-12)22-7-3-6-14(22)16(23)24/h2,4-5,8-9,14-15H,3,6-7H2,1H3,(H,23,24)/t14-/m0/s1. The average molecular weight is 349 g/mol. The highest BCUT2D eigenvalue weighted by Crippen LogP contribution is 2.30. The van der Waals surface area contributed by atoms with Gasteiger partial charge in [0.15, 0.2) is 0 Å². The SMILES string of the molecule is COc1cccc(-c2cc(C(F)F)nc(N3CCC[C@H]3C(=O)O)n2)c1. The number of halogens is 2. The Morgan fingerprint density at radius 3 is 2.84 bits per heavy atom. The number of benzene rings is 1. The van der Waals surface area contributed by atoms with Gasteiger partial charge < -0.3 is 14.7 Å². The summed E-state index contributed by atoms with van der Waals surface area (Å²) in [5.74, 6) is -0.423. The number of carboxylic acids is 1. The first kappa shape index (κ1) is 17.1. The van der Waals surface area contributed by atoms with E-state index < -0.39 is 24.1 Å². The maximum atomic E-state index is 13.3. The fourth-order valence-corrected chi connectivity index (χ4v) is 2.89. The highest BCUT2D eigenvalue weighted by Gasteiger charge is 2.33. The topological polar surface area (TPSA) is 75.5 Å². The lowest BCUT2D eigenvalue weighted by Crippen LogP contribution is -2.37. The van der Waals surface area contributed by atoms with E-state index in [0.717, 1.165) is 0 Å². The van der Waals surface area contributed by atoms with Crippen LogP contribution in [0, 0.1) is 0 Å². The Morgan fingerprint density at radius 2 is 2.16 bits per heavy atom. The number of carboxylic acid groups (broad SMARTS) is 1. The molecule has 1 aromatic carbocycles. The number of hydrogen-bond donors (Lipinski definition) is 1. The van der Waals surface area contributed by atoms with E-state index >= 15 is 0 Å². The first-order valence-corrected chi connectivity index (χ1v) is 7.80. The summed E-state index contributed by atoms with van der Waals surface area (Å²) in [5.41, 5.74) is 0.463. The summed E-state index contributed by atoms with van der Waals surface area (Å²) in [4.78, 5) is 21.1. The van der Waals surface area contributed by atoms with Gasteiger partial charge in [0.1, 0.15) is 17.5 Å². The summed E-state index contributed by atoms with van der Waals surface area (Å²) in [6.45, 7) is 0.418. The van der Waals surface area contributed by atoms with Crippen LogP contribution < -0.4 is 9.64 Å². The van der Waals surface area contributed by atoms with Crippen LogP contribution in [0.25, 0.3) is 11.3 Å². The lowest BCUT2D eigenvalue weighted by atomic mass is 10.1. The Balaban J connectivity index is 2.07. The number of methoxy groups -OCH3 is 1. The zero-order valence-corrected chi connectivity index (χ0v) is 13.5. The minimum Gasteiger partial charge on any atom is -0.497 e. The number of aromatic nitrogens is 2. The third-order valence-electron chi connectivity index (χ3n) is 4.12. The molecule has 1 N–H and O–H groups in total. The van der Waals surface area contributed by atoms with E-state index in [4.69, 9.17) is 4.74 Å². The summed E-state index contributed by atoms with van der Waals surface area (Å²) in [5, 5.41) is 9.32. The molecule has 0 bridgehead atoms. The zero-order valence-electron chi connectivity index (χ0n) is 13.5. The molecule has 0 saturated carbocycles. The van der Waals surface area contributed by atoms with Gasteiger partial charge in [-0.25, -0.2) is 23.5 Å². The van der Waals surface area contributed by atoms with Crippen LogP contribution in [0.4, 0.5) is 14.7 Å². The molecule has 2 aromatic rings. The largest absolute Gasteiger partial charge is 0.497 e. The van der Waals surface area contributed by atoms with Gasteiger partial charge in [-0.15, -0.1) is 0 Å². The number of anilines is 1. The number of rotatable bonds is 5. The van der Waals surface area contributed by atoms with Crippen LogP contribution >= 0.6 is 0 Å². The van der Waals surface area contributed by atoms with E-state index in [-0.39, 0.29) is 5.95 Å². The van der Waals surface area contributed by atoms with Crippen molar-refractivity contribution in [1.29, 1.82) is 0 Å². The maximum Gasteiger partial charge on any atom is 0.326 e. The van der Waals surface area contributed by atoms with Gasteiger partial charge in [0, 0.05) is 12.1 Å². The van der Waals surface area contributed by atoms with E-state index in [0.29, 0.717) is 36.4 Å². The molecule has 1 aliphatic rings. The first-order chi connectivity index (χ1) is 12.0. The van der Waals surface area contributed by atoms with Crippen molar-refractivity contribution in [2.45, 2.75) is 25.3 Å². The Bertz CT molecular complexity index is 785. The summed E-state index contributed by atoms with van der Waals surface area (Å²) in [7, 11) is 1.51. The monoisotopic (exact) mass is 349 g/mol. The Labute approximate surface area is 143 Å². The quantitative estimate of drug-likeness (QED) is 0.894. The van der Waals surface area contributed by atoms with Crippen molar-refractivity contribution in [3.8, 4) is 17.0 Å². The molecular formula is C17H17F2N3O3. The van der Waals surface area contributed by atoms with Crippen molar-refractivity contribution in [1.82, 2.24) is 9.97 Å². The number of aliphatic carboxylic acids is 1. The third-order valence-corrected chi connectivity index (χ3v) is 4.12. The van der Waals surface area contributed by atoms with Gasteiger partial charge in [0.05, 0.1) is 12.8 Å². The van der Waals surface area contributed by atoms with Gasteiger partial charge in [0.2, 0.25) is 5.95 Å². The molecule has 0 aliphatic carbocycles. The van der Waals surface area contributed by atoms with Gasteiger partial charge in [-0.05, 0) is 31.0 Å². The zero-order chi connectivity index (χ0) is 18.0. The molecule has 1 aromatic heterocycles. The smallest absolute Gasteiger partial charge is 0.326 e. The summed E-state index contributed by atoms with van der Waals surface area (Å²) < 4.78 is 31.7. The minimum atomic E-state index is -2.78. The Hall–Kier alpha value is -2.77. The lowest BCUT2D eigenvalue weighted by molar-refractivity contribution is -0.138. The van der Waals surface area contributed by atoms with Crippen LogP contribution in [0.1, 0.15) is 25.0 Å². The second kappa shape index (κ2) is 7.00. The molecule has 6 nitrogen and oxygen atoms in total. The van der Waals surface area contributed by atoms with Crippen molar-refractivity contribution in [3.63, 3.8) is 0 Å². The van der Waals surface area contributed by atoms with Crippen LogP contribution in [0.3, 0.4) is 0 Å². The van der Waals surface area contributed by atoms with Crippen LogP contribution in [-0.2, 0) is 4.79 Å². The summed E-state index contributed by atoms with van der Waals surface area (Å²) in [6, 6.07) is 7.29. The predicted octanol–water partition coefficient (Wildman–Crippen LogP) is 3.14. The highest BCUT2D eigenvalue weighted by atomic mass is 19.3. The molecule has 0 unspecified atom stereocenters. The van der Waals surface area contributed by atoms with Gasteiger partial charge in [0.25, 0.3) is 6.43 Å². The maximum absolute atomic E-state index is 13.3. The van der Waals surface area contributed by atoms with E-state index in [1.807, 2.05) is 0 Å². The third kappa shape index (κ3) is 3.52. The van der Waals surface area contributed by atoms with E-state index in [1.54, 1.807) is 24.3 Å². The fraction of sp³-hybridized carbons (Fsp3) is 0.353. The normalized spacial score (nSPS) is 17.1. The molecule has 1 fully saturated rings. The lowest BCUT2D eigenvalue weighted by Gasteiger charge is -2.22. The Kier molecular flexibility index (Phi) is 4.78. The van der Waals surface area contributed by atoms with Crippen LogP contribution in [0.2, 0.25) is 0 Å². The molecule has 0 spiro atoms. The van der Waals surface area contributed by atoms with Crippen molar-refractivity contribution >= 4 is 11.9 Å². The van der Waals surface area contributed by atoms with Crippen molar-refractivity contribution in [3.05, 3.63) is 36.0 Å². The molecule has 0 amide bonds. The van der Waals surface area contributed by atoms with Gasteiger partial charge >= 0.3 is 5.97 Å². The highest BCUT2D eigenvalue weighted by molar-refractivity contribution is 5.78. The number of carbonyl (C=O) groups is 1. The van der Waals surface area contributed by atoms with Crippen molar-refractivity contribution in [2.24, 2.45) is 0 Å². The number of ether oxygens (including phenoxy) is 1. The predicted molar refractivity (Wildman–Crippen MR) is 87.0 cm³/mol. The van der Waals surface area contributed by atoms with Crippen LogP contribution in [-0.4, -0.2) is 40.7 Å². The van der Waals surface area contributed by atoms with Crippen LogP contribution in [0.5, 0.6) is 5.75 Å². The number of hydrogen-bond acceptors (Lipinski definition) is 5.